The average molecular weight is 298 g/mol. The predicted octanol–water partition coefficient (Wildman–Crippen LogP) is 2.96. The molecule has 0 aliphatic heterocycles. The summed E-state index contributed by atoms with van der Waals surface area (Å²) in [6.07, 6.45) is 5.57. The Kier molecular flexibility index (Phi) is 8.27. The molecule has 0 heterocycles. The van der Waals surface area contributed by atoms with E-state index >= 15 is 0 Å². The van der Waals surface area contributed by atoms with E-state index in [4.69, 9.17) is 18.9 Å². The molecule has 0 amide bonds. The van der Waals surface area contributed by atoms with Crippen molar-refractivity contribution in [1.29, 1.82) is 0 Å². The van der Waals surface area contributed by atoms with Gasteiger partial charge in [0, 0.05) is 0 Å². The minimum atomic E-state index is -0.528. The van der Waals surface area contributed by atoms with Gasteiger partial charge in [-0.25, -0.2) is 4.79 Å². The summed E-state index contributed by atoms with van der Waals surface area (Å²) >= 11 is 0. The topological polar surface area (TPSA) is 54.0 Å². The van der Waals surface area contributed by atoms with Gasteiger partial charge < -0.3 is 18.9 Å². The number of hydrogen-bond acceptors (Lipinski definition) is 5. The number of ether oxygens (including phenoxy) is 4. The number of carbonyl (C=O) groups excluding carboxylic acids is 1. The highest BCUT2D eigenvalue weighted by atomic mass is 16.7. The number of esters is 1. The molecule has 0 aromatic heterocycles. The van der Waals surface area contributed by atoms with Crippen molar-refractivity contribution in [3.05, 3.63) is 24.8 Å². The van der Waals surface area contributed by atoms with Gasteiger partial charge in [-0.15, -0.1) is 6.58 Å². The fourth-order valence-electron chi connectivity index (χ4n) is 2.18. The lowest BCUT2D eigenvalue weighted by molar-refractivity contribution is -0.176. The molecular weight excluding hydrogens is 272 g/mol. The van der Waals surface area contributed by atoms with E-state index in [2.05, 4.69) is 13.2 Å². The van der Waals surface area contributed by atoms with Crippen LogP contribution in [0.5, 0.6) is 0 Å². The Balaban J connectivity index is 2.25. The van der Waals surface area contributed by atoms with Crippen LogP contribution in [0, 0.1) is 0 Å². The highest BCUT2D eigenvalue weighted by molar-refractivity contribution is 5.88. The average Bonchev–Trinajstić information content (AvgIpc) is 2.95. The Morgan fingerprint density at radius 3 is 2.62 bits per heavy atom. The molecule has 21 heavy (non-hydrogen) atoms. The summed E-state index contributed by atoms with van der Waals surface area (Å²) < 4.78 is 21.3. The van der Waals surface area contributed by atoms with Gasteiger partial charge in [-0.1, -0.05) is 25.5 Å². The summed E-state index contributed by atoms with van der Waals surface area (Å²) in [5.41, 5.74) is 0.249. The smallest absolute Gasteiger partial charge is 0.338 e. The quantitative estimate of drug-likeness (QED) is 0.204. The van der Waals surface area contributed by atoms with Crippen LogP contribution in [-0.2, 0) is 23.7 Å². The van der Waals surface area contributed by atoms with E-state index in [1.54, 1.807) is 13.0 Å². The van der Waals surface area contributed by atoms with Gasteiger partial charge in [0.25, 0.3) is 0 Å². The molecule has 0 N–H and O–H groups in total. The summed E-state index contributed by atoms with van der Waals surface area (Å²) in [4.78, 5) is 11.7. The molecule has 1 rings (SSSR count). The van der Waals surface area contributed by atoms with Gasteiger partial charge in [0.15, 0.2) is 13.1 Å². The van der Waals surface area contributed by atoms with Crippen molar-refractivity contribution in [1.82, 2.24) is 0 Å². The molecule has 5 nitrogen and oxygen atoms in total. The maximum atomic E-state index is 11.7. The molecule has 2 atom stereocenters. The van der Waals surface area contributed by atoms with Gasteiger partial charge in [0.05, 0.1) is 24.4 Å². The first-order chi connectivity index (χ1) is 10.0. The molecule has 0 saturated heterocycles. The number of rotatable bonds is 10. The van der Waals surface area contributed by atoms with Crippen LogP contribution in [0.1, 0.15) is 39.5 Å². The first-order valence-corrected chi connectivity index (χ1v) is 7.40. The van der Waals surface area contributed by atoms with Gasteiger partial charge in [0.1, 0.15) is 0 Å². The minimum Gasteiger partial charge on any atom is -0.435 e. The standard InChI is InChI=1S/C16H26O5/c1-5-10-18-11-19-16(17)12(2)13(3)20-14(4)21-15-8-6-7-9-15/h5,13-15H,1-2,6-11H2,3-4H3. The van der Waals surface area contributed by atoms with Crippen LogP contribution in [0.2, 0.25) is 0 Å². The molecule has 1 saturated carbocycles. The number of carbonyl (C=O) groups is 1. The molecule has 0 aromatic carbocycles. The van der Waals surface area contributed by atoms with Crippen molar-refractivity contribution in [3.8, 4) is 0 Å². The monoisotopic (exact) mass is 298 g/mol. The first kappa shape index (κ1) is 17.9. The highest BCUT2D eigenvalue weighted by Crippen LogP contribution is 2.23. The molecule has 2 unspecified atom stereocenters. The molecule has 0 bridgehead atoms. The summed E-state index contributed by atoms with van der Waals surface area (Å²) in [6, 6.07) is 0. The lowest BCUT2D eigenvalue weighted by atomic mass is 10.2. The Labute approximate surface area is 126 Å². The zero-order valence-corrected chi connectivity index (χ0v) is 13.0. The van der Waals surface area contributed by atoms with Gasteiger partial charge in [-0.3, -0.25) is 0 Å². The van der Waals surface area contributed by atoms with E-state index in [-0.39, 0.29) is 24.8 Å². The van der Waals surface area contributed by atoms with E-state index < -0.39 is 12.1 Å². The SMILES string of the molecule is C=CCOCOC(=O)C(=C)C(C)OC(C)OC1CCCC1. The van der Waals surface area contributed by atoms with Crippen LogP contribution in [-0.4, -0.2) is 37.9 Å². The highest BCUT2D eigenvalue weighted by Gasteiger charge is 2.22. The zero-order chi connectivity index (χ0) is 15.7. The van der Waals surface area contributed by atoms with Crippen LogP contribution in [0.4, 0.5) is 0 Å². The largest absolute Gasteiger partial charge is 0.435 e. The first-order valence-electron chi connectivity index (χ1n) is 7.40. The van der Waals surface area contributed by atoms with E-state index in [0.717, 1.165) is 12.8 Å². The summed E-state index contributed by atoms with van der Waals surface area (Å²) in [5, 5.41) is 0. The van der Waals surface area contributed by atoms with Gasteiger partial charge >= 0.3 is 5.97 Å². The Morgan fingerprint density at radius 2 is 2.00 bits per heavy atom. The minimum absolute atomic E-state index is 0.120. The van der Waals surface area contributed by atoms with Crippen LogP contribution >= 0.6 is 0 Å². The molecule has 0 spiro atoms. The number of hydrogen-bond donors (Lipinski definition) is 0. The van der Waals surface area contributed by atoms with E-state index in [0.29, 0.717) is 6.61 Å². The van der Waals surface area contributed by atoms with E-state index in [1.165, 1.54) is 12.8 Å². The molecular formula is C16H26O5. The molecule has 5 heteroatoms. The molecule has 120 valence electrons. The fourth-order valence-corrected chi connectivity index (χ4v) is 2.18. The van der Waals surface area contributed by atoms with E-state index in [1.807, 2.05) is 6.92 Å². The van der Waals surface area contributed by atoms with Crippen molar-refractivity contribution >= 4 is 5.97 Å². The summed E-state index contributed by atoms with van der Waals surface area (Å²) in [6.45, 7) is 11.0. The van der Waals surface area contributed by atoms with Gasteiger partial charge in [0.2, 0.25) is 0 Å². The van der Waals surface area contributed by atoms with Crippen LogP contribution in [0.15, 0.2) is 24.8 Å². The fraction of sp³-hybridized carbons (Fsp3) is 0.688. The maximum absolute atomic E-state index is 11.7. The van der Waals surface area contributed by atoms with Crippen LogP contribution in [0.25, 0.3) is 0 Å². The summed E-state index contributed by atoms with van der Waals surface area (Å²) in [5.74, 6) is -0.528. The summed E-state index contributed by atoms with van der Waals surface area (Å²) in [7, 11) is 0. The third kappa shape index (κ3) is 6.89. The lowest BCUT2D eigenvalue weighted by Gasteiger charge is -2.23. The van der Waals surface area contributed by atoms with Crippen molar-refractivity contribution in [2.45, 2.75) is 58.0 Å². The zero-order valence-electron chi connectivity index (χ0n) is 13.0. The van der Waals surface area contributed by atoms with Crippen LogP contribution in [0.3, 0.4) is 0 Å². The second kappa shape index (κ2) is 9.71. The predicted molar refractivity (Wildman–Crippen MR) is 79.6 cm³/mol. The van der Waals surface area contributed by atoms with Crippen molar-refractivity contribution in [2.75, 3.05) is 13.4 Å². The Bertz CT molecular complexity index is 347. The van der Waals surface area contributed by atoms with Crippen molar-refractivity contribution in [3.63, 3.8) is 0 Å². The maximum Gasteiger partial charge on any atom is 0.338 e. The molecule has 1 aliphatic carbocycles. The second-order valence-corrected chi connectivity index (χ2v) is 5.12. The van der Waals surface area contributed by atoms with E-state index in [9.17, 15) is 4.79 Å². The molecule has 1 aliphatic rings. The van der Waals surface area contributed by atoms with Crippen LogP contribution < -0.4 is 0 Å². The van der Waals surface area contributed by atoms with Crippen molar-refractivity contribution < 1.29 is 23.7 Å². The normalized spacial score (nSPS) is 18.2. The lowest BCUT2D eigenvalue weighted by Crippen LogP contribution is -2.28. The third-order valence-electron chi connectivity index (χ3n) is 3.34. The molecule has 0 aromatic rings. The Morgan fingerprint density at radius 1 is 1.33 bits per heavy atom. The van der Waals surface area contributed by atoms with Gasteiger partial charge in [-0.2, -0.15) is 0 Å². The molecule has 1 fully saturated rings. The third-order valence-corrected chi connectivity index (χ3v) is 3.34. The van der Waals surface area contributed by atoms with Gasteiger partial charge in [-0.05, 0) is 26.7 Å². The second-order valence-electron chi connectivity index (χ2n) is 5.12. The molecule has 0 radical (unpaired) electrons. The Hall–Kier alpha value is -1.17. The van der Waals surface area contributed by atoms with Crippen molar-refractivity contribution in [2.24, 2.45) is 0 Å².